The van der Waals surface area contributed by atoms with Crippen LogP contribution in [0.3, 0.4) is 0 Å². The number of ether oxygens (including phenoxy) is 1. The number of carbonyl (C=O) groups excluding carboxylic acids is 2. The molecule has 1 spiro atoms. The molecule has 0 aliphatic carbocycles. The predicted octanol–water partition coefficient (Wildman–Crippen LogP) is 1.55. The van der Waals surface area contributed by atoms with E-state index in [1.807, 2.05) is 6.92 Å². The molecule has 2 rings (SSSR count). The van der Waals surface area contributed by atoms with Crippen LogP contribution in [0.2, 0.25) is 0 Å². The van der Waals surface area contributed by atoms with Crippen molar-refractivity contribution >= 4 is 12.0 Å². The highest BCUT2D eigenvalue weighted by molar-refractivity contribution is 5.78. The molecule has 0 atom stereocenters. The van der Waals surface area contributed by atoms with Gasteiger partial charge in [-0.25, -0.2) is 9.86 Å². The zero-order valence-electron chi connectivity index (χ0n) is 11.7. The number of hydroxylamine groups is 2. The van der Waals surface area contributed by atoms with Crippen molar-refractivity contribution in [2.45, 2.75) is 45.1 Å². The van der Waals surface area contributed by atoms with E-state index in [1.54, 1.807) is 11.8 Å². The smallest absolute Gasteiger partial charge is 0.409 e. The molecule has 0 N–H and O–H groups in total. The highest BCUT2D eigenvalue weighted by Crippen LogP contribution is 2.36. The third-order valence-corrected chi connectivity index (χ3v) is 3.68. The first-order valence-electron chi connectivity index (χ1n) is 7.01. The van der Waals surface area contributed by atoms with E-state index in [-0.39, 0.29) is 12.0 Å². The second kappa shape index (κ2) is 5.77. The summed E-state index contributed by atoms with van der Waals surface area (Å²) in [6.45, 7) is 6.02. The molecule has 6 heteroatoms. The van der Waals surface area contributed by atoms with Gasteiger partial charge in [-0.1, -0.05) is 6.92 Å². The normalized spacial score (nSPS) is 22.1. The summed E-state index contributed by atoms with van der Waals surface area (Å²) in [4.78, 5) is 31.0. The lowest BCUT2D eigenvalue weighted by Crippen LogP contribution is -2.47. The first kappa shape index (κ1) is 14.1. The Kier molecular flexibility index (Phi) is 4.29. The van der Waals surface area contributed by atoms with Crippen LogP contribution in [0.15, 0.2) is 0 Å². The quantitative estimate of drug-likeness (QED) is 0.780. The fourth-order valence-electron chi connectivity index (χ4n) is 2.63. The Morgan fingerprint density at radius 2 is 2.05 bits per heavy atom. The lowest BCUT2D eigenvalue weighted by molar-refractivity contribution is -0.208. The highest BCUT2D eigenvalue weighted by atomic mass is 16.7. The highest BCUT2D eigenvalue weighted by Gasteiger charge is 2.47. The number of hydrogen-bond acceptors (Lipinski definition) is 4. The molecule has 0 unspecified atom stereocenters. The Morgan fingerprint density at radius 1 is 1.37 bits per heavy atom. The van der Waals surface area contributed by atoms with Crippen LogP contribution >= 0.6 is 0 Å². The standard InChI is InChI=1S/C13H22N2O4/c1-3-7-15-11(16)10-13(19-15)5-8-14(9-6-13)12(17)18-4-2/h3-10H2,1-2H3. The third-order valence-electron chi connectivity index (χ3n) is 3.68. The van der Waals surface area contributed by atoms with E-state index in [9.17, 15) is 9.59 Å². The minimum absolute atomic E-state index is 0.0615. The van der Waals surface area contributed by atoms with Crippen molar-refractivity contribution in [2.75, 3.05) is 26.2 Å². The third kappa shape index (κ3) is 3.00. The Labute approximate surface area is 113 Å². The molecule has 2 aliphatic heterocycles. The van der Waals surface area contributed by atoms with Gasteiger partial charge < -0.3 is 9.64 Å². The van der Waals surface area contributed by atoms with Crippen molar-refractivity contribution in [2.24, 2.45) is 0 Å². The first-order chi connectivity index (χ1) is 9.10. The van der Waals surface area contributed by atoms with Crippen molar-refractivity contribution in [1.82, 2.24) is 9.96 Å². The largest absolute Gasteiger partial charge is 0.450 e. The fourth-order valence-corrected chi connectivity index (χ4v) is 2.63. The van der Waals surface area contributed by atoms with E-state index in [0.717, 1.165) is 6.42 Å². The summed E-state index contributed by atoms with van der Waals surface area (Å²) < 4.78 is 4.98. The SMILES string of the molecule is CCCN1OC2(CCN(C(=O)OCC)CC2)CC1=O. The number of nitrogens with zero attached hydrogens (tertiary/aromatic N) is 2. The van der Waals surface area contributed by atoms with E-state index in [2.05, 4.69) is 0 Å². The van der Waals surface area contributed by atoms with Crippen LogP contribution in [0.4, 0.5) is 4.79 Å². The molecule has 2 heterocycles. The van der Waals surface area contributed by atoms with E-state index >= 15 is 0 Å². The number of piperidine rings is 1. The van der Waals surface area contributed by atoms with Crippen molar-refractivity contribution < 1.29 is 19.2 Å². The fraction of sp³-hybridized carbons (Fsp3) is 0.846. The topological polar surface area (TPSA) is 59.1 Å². The van der Waals surface area contributed by atoms with Crippen LogP contribution in [0.5, 0.6) is 0 Å². The van der Waals surface area contributed by atoms with Gasteiger partial charge in [0.1, 0.15) is 5.60 Å². The molecule has 2 amide bonds. The summed E-state index contributed by atoms with van der Waals surface area (Å²) in [7, 11) is 0. The second-order valence-electron chi connectivity index (χ2n) is 5.13. The van der Waals surface area contributed by atoms with Crippen LogP contribution in [0, 0.1) is 0 Å². The van der Waals surface area contributed by atoms with Gasteiger partial charge in [0, 0.05) is 19.6 Å². The van der Waals surface area contributed by atoms with Gasteiger partial charge in [0.15, 0.2) is 0 Å². The molecule has 2 aliphatic rings. The number of carbonyl (C=O) groups is 2. The Bertz CT molecular complexity index is 351. The summed E-state index contributed by atoms with van der Waals surface area (Å²) in [6, 6.07) is 0. The Morgan fingerprint density at radius 3 is 2.63 bits per heavy atom. The van der Waals surface area contributed by atoms with Crippen LogP contribution in [0.1, 0.15) is 39.5 Å². The molecular weight excluding hydrogens is 248 g/mol. The number of amides is 2. The summed E-state index contributed by atoms with van der Waals surface area (Å²) in [6.07, 6.45) is 2.43. The minimum Gasteiger partial charge on any atom is -0.450 e. The minimum atomic E-state index is -0.394. The Balaban J connectivity index is 1.89. The predicted molar refractivity (Wildman–Crippen MR) is 68.3 cm³/mol. The van der Waals surface area contributed by atoms with E-state index in [1.165, 1.54) is 5.06 Å². The average Bonchev–Trinajstić information content (AvgIpc) is 2.67. The molecule has 2 fully saturated rings. The number of hydrogen-bond donors (Lipinski definition) is 0. The van der Waals surface area contributed by atoms with Crippen molar-refractivity contribution in [1.29, 1.82) is 0 Å². The molecule has 6 nitrogen and oxygen atoms in total. The first-order valence-corrected chi connectivity index (χ1v) is 7.01. The van der Waals surface area contributed by atoms with Gasteiger partial charge in [0.05, 0.1) is 13.0 Å². The van der Waals surface area contributed by atoms with Crippen molar-refractivity contribution in [3.8, 4) is 0 Å². The van der Waals surface area contributed by atoms with Crippen LogP contribution < -0.4 is 0 Å². The maximum absolute atomic E-state index is 11.9. The number of likely N-dealkylation sites (tertiary alicyclic amines) is 1. The molecule has 0 saturated carbocycles. The molecule has 0 aromatic heterocycles. The summed E-state index contributed by atoms with van der Waals surface area (Å²) in [5, 5.41) is 1.49. The maximum atomic E-state index is 11.9. The summed E-state index contributed by atoms with van der Waals surface area (Å²) in [5.74, 6) is 0.0615. The van der Waals surface area contributed by atoms with Crippen LogP contribution in [-0.2, 0) is 14.4 Å². The van der Waals surface area contributed by atoms with Crippen LogP contribution in [0.25, 0.3) is 0 Å². The second-order valence-corrected chi connectivity index (χ2v) is 5.13. The van der Waals surface area contributed by atoms with Gasteiger partial charge in [-0.2, -0.15) is 0 Å². The molecule has 0 aromatic rings. The molecule has 0 aromatic carbocycles. The van der Waals surface area contributed by atoms with E-state index in [0.29, 0.717) is 45.5 Å². The molecular formula is C13H22N2O4. The molecule has 19 heavy (non-hydrogen) atoms. The van der Waals surface area contributed by atoms with Crippen molar-refractivity contribution in [3.05, 3.63) is 0 Å². The number of rotatable bonds is 3. The van der Waals surface area contributed by atoms with Crippen molar-refractivity contribution in [3.63, 3.8) is 0 Å². The lowest BCUT2D eigenvalue weighted by Gasteiger charge is -2.37. The zero-order valence-corrected chi connectivity index (χ0v) is 11.7. The monoisotopic (exact) mass is 270 g/mol. The van der Waals surface area contributed by atoms with E-state index in [4.69, 9.17) is 9.57 Å². The summed E-state index contributed by atoms with van der Waals surface area (Å²) >= 11 is 0. The van der Waals surface area contributed by atoms with Gasteiger partial charge in [0.25, 0.3) is 0 Å². The van der Waals surface area contributed by atoms with Gasteiger partial charge >= 0.3 is 6.09 Å². The van der Waals surface area contributed by atoms with Gasteiger partial charge in [-0.15, -0.1) is 0 Å². The summed E-state index contributed by atoms with van der Waals surface area (Å²) in [5.41, 5.74) is -0.394. The molecule has 0 bridgehead atoms. The molecule has 108 valence electrons. The average molecular weight is 270 g/mol. The van der Waals surface area contributed by atoms with Gasteiger partial charge in [0.2, 0.25) is 5.91 Å². The Hall–Kier alpha value is -1.30. The van der Waals surface area contributed by atoms with Gasteiger partial charge in [-0.3, -0.25) is 9.63 Å². The lowest BCUT2D eigenvalue weighted by atomic mass is 9.89. The van der Waals surface area contributed by atoms with E-state index < -0.39 is 5.60 Å². The van der Waals surface area contributed by atoms with Gasteiger partial charge in [-0.05, 0) is 26.2 Å². The zero-order chi connectivity index (χ0) is 13.9. The van der Waals surface area contributed by atoms with Crippen LogP contribution in [-0.4, -0.2) is 53.8 Å². The molecule has 0 radical (unpaired) electrons. The maximum Gasteiger partial charge on any atom is 0.409 e. The molecule has 2 saturated heterocycles.